The van der Waals surface area contributed by atoms with E-state index in [1.54, 1.807) is 0 Å². The predicted molar refractivity (Wildman–Crippen MR) is 221 cm³/mol. The first-order valence-electron chi connectivity index (χ1n) is 20.3. The van der Waals surface area contributed by atoms with Crippen LogP contribution in [0.4, 0.5) is 5.69 Å². The normalized spacial score (nSPS) is 22.7. The van der Waals surface area contributed by atoms with Crippen molar-refractivity contribution in [2.75, 3.05) is 52.8 Å². The summed E-state index contributed by atoms with van der Waals surface area (Å²) in [4.78, 5) is 35.3. The van der Waals surface area contributed by atoms with Crippen molar-refractivity contribution in [3.05, 3.63) is 39.7 Å². The van der Waals surface area contributed by atoms with Crippen LogP contribution >= 0.6 is 0 Å². The standard InChI is InChI=1S/C43H68N4O7Si/c1-15-17-19-51-30-23-27(24-44-25-41(3,4)5)34(46(9)10)28-21-26-22-29-35(47(11)12)37-33(40(45-53-37)52-20-18-16-2)39(50)43(29,54-55(13,14)42(6,7)8)38(49)31(26)36(48)32(28)30/h23,26,29,35,44,48H,15-22,24-25H2,1-14H3/t26-,29-,35-,43-/m0/s1. The summed E-state index contributed by atoms with van der Waals surface area (Å²) in [5.74, 6) is -1.07. The number of rotatable bonds is 15. The van der Waals surface area contributed by atoms with Crippen molar-refractivity contribution >= 4 is 31.3 Å². The molecule has 3 aliphatic rings. The highest BCUT2D eigenvalue weighted by Crippen LogP contribution is 2.59. The van der Waals surface area contributed by atoms with Gasteiger partial charge in [0.2, 0.25) is 11.6 Å². The molecule has 12 heteroatoms. The van der Waals surface area contributed by atoms with Gasteiger partial charge >= 0.3 is 0 Å². The fourth-order valence-electron chi connectivity index (χ4n) is 8.35. The Morgan fingerprint density at radius 2 is 1.62 bits per heavy atom. The topological polar surface area (TPSA) is 127 Å². The van der Waals surface area contributed by atoms with Gasteiger partial charge < -0.3 is 33.7 Å². The quantitative estimate of drug-likeness (QED) is 0.103. The van der Waals surface area contributed by atoms with Crippen LogP contribution in [-0.4, -0.2) is 88.6 Å². The fraction of sp³-hybridized carbons (Fsp3) is 0.698. The van der Waals surface area contributed by atoms with E-state index < -0.39 is 37.4 Å². The number of aromatic nitrogens is 1. The molecule has 0 spiro atoms. The molecule has 0 radical (unpaired) electrons. The summed E-state index contributed by atoms with van der Waals surface area (Å²) < 4.78 is 25.9. The van der Waals surface area contributed by atoms with Crippen molar-refractivity contribution in [2.45, 2.75) is 130 Å². The van der Waals surface area contributed by atoms with Gasteiger partial charge in [0.05, 0.1) is 24.8 Å². The van der Waals surface area contributed by atoms with E-state index >= 15 is 9.59 Å². The smallest absolute Gasteiger partial charge is 0.265 e. The number of hydrogen-bond acceptors (Lipinski definition) is 11. The second-order valence-electron chi connectivity index (χ2n) is 19.1. The van der Waals surface area contributed by atoms with E-state index in [9.17, 15) is 5.11 Å². The minimum absolute atomic E-state index is 0.0916. The molecule has 0 unspecified atom stereocenters. The summed E-state index contributed by atoms with van der Waals surface area (Å²) in [6.07, 6.45) is 4.36. The van der Waals surface area contributed by atoms with E-state index in [1.807, 2.05) is 39.2 Å². The lowest BCUT2D eigenvalue weighted by Gasteiger charge is -2.55. The van der Waals surface area contributed by atoms with Crippen molar-refractivity contribution in [1.82, 2.24) is 15.4 Å². The highest BCUT2D eigenvalue weighted by atomic mass is 28.4. The summed E-state index contributed by atoms with van der Waals surface area (Å²) in [6.45, 7) is 23.5. The molecule has 3 aliphatic carbocycles. The zero-order chi connectivity index (χ0) is 40.8. The average molecular weight is 781 g/mol. The molecular weight excluding hydrogens is 713 g/mol. The average Bonchev–Trinajstić information content (AvgIpc) is 3.48. The number of unbranched alkanes of at least 4 members (excludes halogenated alkanes) is 2. The molecule has 306 valence electrons. The molecule has 2 N–H and O–H groups in total. The lowest BCUT2D eigenvalue weighted by Crippen LogP contribution is -2.68. The van der Waals surface area contributed by atoms with Gasteiger partial charge in [-0.3, -0.25) is 14.5 Å². The zero-order valence-electron chi connectivity index (χ0n) is 36.1. The van der Waals surface area contributed by atoms with Crippen molar-refractivity contribution in [3.63, 3.8) is 0 Å². The van der Waals surface area contributed by atoms with Gasteiger partial charge in [0.25, 0.3) is 5.88 Å². The Morgan fingerprint density at radius 1 is 0.982 bits per heavy atom. The molecule has 1 fully saturated rings. The van der Waals surface area contributed by atoms with Gasteiger partial charge in [0.1, 0.15) is 17.1 Å². The Bertz CT molecular complexity index is 1780. The SMILES string of the molecule is CCCCOc1cc(CNCC(C)(C)C)c(N(C)C)c2c1C(O)=C1C(=O)[C@]3(O[Si](C)(C)C(C)(C)C)C(=O)c4c(OCCCC)noc4[C@@H](N(C)C)[C@@H]3C[C@@H]1C2. The van der Waals surface area contributed by atoms with Crippen LogP contribution in [0.2, 0.25) is 18.1 Å². The number of carbonyl (C=O) groups is 2. The molecule has 0 bridgehead atoms. The number of Topliss-reactive ketones (excluding diaryl/α,β-unsaturated/α-hetero) is 2. The largest absolute Gasteiger partial charge is 0.507 e. The Morgan fingerprint density at radius 3 is 2.18 bits per heavy atom. The summed E-state index contributed by atoms with van der Waals surface area (Å²) in [5, 5.41) is 20.2. The maximum Gasteiger partial charge on any atom is 0.265 e. The minimum Gasteiger partial charge on any atom is -0.507 e. The van der Waals surface area contributed by atoms with Crippen LogP contribution in [0.1, 0.15) is 126 Å². The number of benzene rings is 1. The number of fused-ring (bicyclic) bond motifs is 4. The summed E-state index contributed by atoms with van der Waals surface area (Å²) in [6, 6.07) is 1.50. The maximum atomic E-state index is 15.8. The highest BCUT2D eigenvalue weighted by Gasteiger charge is 2.69. The van der Waals surface area contributed by atoms with E-state index in [0.29, 0.717) is 49.7 Å². The number of aliphatic hydroxyl groups excluding tert-OH is 1. The molecule has 55 heavy (non-hydrogen) atoms. The molecule has 5 rings (SSSR count). The molecule has 0 aliphatic heterocycles. The number of nitrogens with zero attached hydrogens (tertiary/aromatic N) is 3. The van der Waals surface area contributed by atoms with Crippen molar-refractivity contribution in [2.24, 2.45) is 17.3 Å². The number of ether oxygens (including phenoxy) is 2. The molecule has 0 saturated heterocycles. The number of carbonyl (C=O) groups excluding carboxylic acids is 2. The second kappa shape index (κ2) is 16.0. The number of nitrogens with one attached hydrogen (secondary N) is 1. The summed E-state index contributed by atoms with van der Waals surface area (Å²) in [5.41, 5.74) is 2.11. The third-order valence-electron chi connectivity index (χ3n) is 12.0. The minimum atomic E-state index is -2.84. The van der Waals surface area contributed by atoms with E-state index in [2.05, 4.69) is 83.9 Å². The molecule has 1 saturated carbocycles. The Balaban J connectivity index is 1.78. The molecule has 1 aromatic heterocycles. The predicted octanol–water partition coefficient (Wildman–Crippen LogP) is 8.52. The van der Waals surface area contributed by atoms with Gasteiger partial charge in [-0.1, -0.05) is 68.2 Å². The first-order valence-corrected chi connectivity index (χ1v) is 23.2. The van der Waals surface area contributed by atoms with Crippen LogP contribution in [0.25, 0.3) is 5.76 Å². The van der Waals surface area contributed by atoms with E-state index in [4.69, 9.17) is 18.4 Å². The van der Waals surface area contributed by atoms with E-state index in [-0.39, 0.29) is 39.1 Å². The maximum absolute atomic E-state index is 15.8. The lowest BCUT2D eigenvalue weighted by atomic mass is 9.57. The van der Waals surface area contributed by atoms with E-state index in [0.717, 1.165) is 49.0 Å². The van der Waals surface area contributed by atoms with Crippen LogP contribution in [0.5, 0.6) is 11.6 Å². The number of anilines is 1. The summed E-state index contributed by atoms with van der Waals surface area (Å²) in [7, 11) is 5.07. The van der Waals surface area contributed by atoms with Crippen molar-refractivity contribution in [1.29, 1.82) is 0 Å². The highest BCUT2D eigenvalue weighted by molar-refractivity contribution is 6.74. The monoisotopic (exact) mass is 780 g/mol. The van der Waals surface area contributed by atoms with Crippen molar-refractivity contribution < 1.29 is 33.1 Å². The Labute approximate surface area is 330 Å². The molecule has 1 aromatic carbocycles. The molecule has 0 amide bonds. The first-order chi connectivity index (χ1) is 25.6. The number of aliphatic hydroxyl groups is 1. The molecule has 2 aromatic rings. The van der Waals surface area contributed by atoms with E-state index in [1.165, 1.54) is 0 Å². The van der Waals surface area contributed by atoms with Crippen LogP contribution < -0.4 is 19.7 Å². The molecule has 4 atom stereocenters. The third-order valence-corrected chi connectivity index (χ3v) is 16.5. The molecule has 11 nitrogen and oxygen atoms in total. The second-order valence-corrected chi connectivity index (χ2v) is 23.8. The third kappa shape index (κ3) is 7.90. The van der Waals surface area contributed by atoms with Gasteiger partial charge in [-0.15, -0.1) is 0 Å². The van der Waals surface area contributed by atoms with Crippen LogP contribution in [-0.2, 0) is 22.2 Å². The van der Waals surface area contributed by atoms with Crippen LogP contribution in [0, 0.1) is 17.3 Å². The zero-order valence-corrected chi connectivity index (χ0v) is 37.1. The van der Waals surface area contributed by atoms with Gasteiger partial charge in [0.15, 0.2) is 19.7 Å². The van der Waals surface area contributed by atoms with Crippen molar-refractivity contribution in [3.8, 4) is 11.6 Å². The van der Waals surface area contributed by atoms with Gasteiger partial charge in [-0.05, 0) is 91.6 Å². The number of ketones is 2. The lowest BCUT2D eigenvalue weighted by molar-refractivity contribution is -0.140. The fourth-order valence-corrected chi connectivity index (χ4v) is 9.80. The Hall–Kier alpha value is -3.19. The first kappa shape index (κ1) is 42.9. The van der Waals surface area contributed by atoms with Gasteiger partial charge in [-0.2, -0.15) is 0 Å². The molecule has 1 heterocycles. The Kier molecular flexibility index (Phi) is 12.5. The number of hydrogen-bond donors (Lipinski definition) is 2. The van der Waals surface area contributed by atoms with Gasteiger partial charge in [0, 0.05) is 44.4 Å². The van der Waals surface area contributed by atoms with Crippen LogP contribution in [0.3, 0.4) is 0 Å². The molecular formula is C43H68N4O7Si. The van der Waals surface area contributed by atoms with Crippen LogP contribution in [0.15, 0.2) is 16.2 Å². The summed E-state index contributed by atoms with van der Waals surface area (Å²) >= 11 is 0. The van der Waals surface area contributed by atoms with Gasteiger partial charge in [-0.25, -0.2) is 0 Å².